The van der Waals surface area contributed by atoms with Gasteiger partial charge in [-0.15, -0.1) is 0 Å². The number of nitrogens with zero attached hydrogens (tertiary/aromatic N) is 2. The van der Waals surface area contributed by atoms with Gasteiger partial charge in [-0.05, 0) is 64.6 Å². The third-order valence-electron chi connectivity index (χ3n) is 5.94. The van der Waals surface area contributed by atoms with Gasteiger partial charge in [0.25, 0.3) is 5.91 Å². The maximum absolute atomic E-state index is 13.4. The second kappa shape index (κ2) is 9.56. The lowest BCUT2D eigenvalue weighted by atomic mass is 9.86. The molecule has 0 radical (unpaired) electrons. The molecule has 0 aliphatic heterocycles. The first kappa shape index (κ1) is 25.7. The van der Waals surface area contributed by atoms with Crippen LogP contribution in [-0.4, -0.2) is 30.4 Å². The van der Waals surface area contributed by atoms with E-state index in [1.165, 1.54) is 6.07 Å². The van der Waals surface area contributed by atoms with E-state index in [9.17, 15) is 13.2 Å². The molecule has 0 spiro atoms. The third-order valence-corrected chi connectivity index (χ3v) is 7.38. The van der Waals surface area contributed by atoms with Crippen molar-refractivity contribution in [2.75, 3.05) is 11.6 Å². The summed E-state index contributed by atoms with van der Waals surface area (Å²) in [5, 5.41) is 7.84. The fourth-order valence-electron chi connectivity index (χ4n) is 3.90. The second-order valence-corrected chi connectivity index (χ2v) is 12.3. The molecule has 8 heteroatoms. The molecule has 0 bridgehead atoms. The largest absolute Gasteiger partial charge is 0.322 e. The lowest BCUT2D eigenvalue weighted by Crippen LogP contribution is -2.14. The first-order valence-electron chi connectivity index (χ1n) is 11.4. The SMILES string of the molecule is Cn1ccc(-c2cc(NC(=O)c3ccc(S(C)(=O)=O)cc3-c3ccc(C(C)(C)C)cc3)ccc2Cl)n1. The van der Waals surface area contributed by atoms with Crippen molar-refractivity contribution in [3.8, 4) is 22.4 Å². The molecule has 0 saturated heterocycles. The van der Waals surface area contributed by atoms with Gasteiger partial charge in [-0.25, -0.2) is 8.42 Å². The lowest BCUT2D eigenvalue weighted by molar-refractivity contribution is 0.102. The zero-order valence-electron chi connectivity index (χ0n) is 20.8. The fourth-order valence-corrected chi connectivity index (χ4v) is 4.76. The van der Waals surface area contributed by atoms with Crippen LogP contribution in [0.3, 0.4) is 0 Å². The van der Waals surface area contributed by atoms with Crippen molar-refractivity contribution < 1.29 is 13.2 Å². The van der Waals surface area contributed by atoms with Gasteiger partial charge >= 0.3 is 0 Å². The van der Waals surface area contributed by atoms with E-state index in [1.54, 1.807) is 35.0 Å². The van der Waals surface area contributed by atoms with Crippen LogP contribution in [-0.2, 0) is 22.3 Å². The number of aryl methyl sites for hydroxylation is 1. The van der Waals surface area contributed by atoms with Crippen molar-refractivity contribution in [1.82, 2.24) is 9.78 Å². The summed E-state index contributed by atoms with van der Waals surface area (Å²) in [4.78, 5) is 13.6. The third kappa shape index (κ3) is 5.53. The second-order valence-electron chi connectivity index (χ2n) is 9.83. The number of carbonyl (C=O) groups excluding carboxylic acids is 1. The van der Waals surface area contributed by atoms with Crippen molar-refractivity contribution in [2.24, 2.45) is 7.05 Å². The molecule has 1 amide bonds. The molecule has 1 aromatic heterocycles. The summed E-state index contributed by atoms with van der Waals surface area (Å²) in [7, 11) is -1.64. The van der Waals surface area contributed by atoms with Gasteiger partial charge in [0.2, 0.25) is 0 Å². The maximum Gasteiger partial charge on any atom is 0.256 e. The van der Waals surface area contributed by atoms with Crippen molar-refractivity contribution >= 4 is 33.0 Å². The molecule has 0 aliphatic carbocycles. The first-order chi connectivity index (χ1) is 16.8. The fraction of sp³-hybridized carbons (Fsp3) is 0.214. The van der Waals surface area contributed by atoms with Crippen LogP contribution < -0.4 is 5.32 Å². The highest BCUT2D eigenvalue weighted by Gasteiger charge is 2.19. The highest BCUT2D eigenvalue weighted by molar-refractivity contribution is 7.90. The van der Waals surface area contributed by atoms with Gasteiger partial charge in [-0.3, -0.25) is 9.48 Å². The minimum atomic E-state index is -3.46. The summed E-state index contributed by atoms with van der Waals surface area (Å²) in [6.45, 7) is 6.36. The predicted octanol–water partition coefficient (Wildman–Crippen LogP) is 6.36. The number of hydrogen-bond donors (Lipinski definition) is 1. The van der Waals surface area contributed by atoms with Gasteiger partial charge in [0.05, 0.1) is 15.6 Å². The summed E-state index contributed by atoms with van der Waals surface area (Å²) < 4.78 is 26.2. The quantitative estimate of drug-likeness (QED) is 0.331. The average Bonchev–Trinajstić information content (AvgIpc) is 3.25. The molecule has 1 N–H and O–H groups in total. The normalized spacial score (nSPS) is 11.9. The topological polar surface area (TPSA) is 81.1 Å². The van der Waals surface area contributed by atoms with Crippen LogP contribution >= 0.6 is 11.6 Å². The monoisotopic (exact) mass is 521 g/mol. The molecule has 0 fully saturated rings. The van der Waals surface area contributed by atoms with Crippen molar-refractivity contribution in [1.29, 1.82) is 0 Å². The maximum atomic E-state index is 13.4. The zero-order chi connectivity index (χ0) is 26.3. The Balaban J connectivity index is 1.74. The Kier molecular flexibility index (Phi) is 6.82. The molecular weight excluding hydrogens is 494 g/mol. The van der Waals surface area contributed by atoms with E-state index < -0.39 is 9.84 Å². The molecule has 0 saturated carbocycles. The van der Waals surface area contributed by atoms with Gasteiger partial charge in [-0.2, -0.15) is 5.10 Å². The molecule has 186 valence electrons. The standard InChI is InChI=1S/C28H28ClN3O3S/c1-28(2,3)19-8-6-18(7-9-19)23-17-21(36(5,34)35)11-12-22(23)27(33)30-20-10-13-25(29)24(16-20)26-14-15-32(4)31-26/h6-17H,1-5H3,(H,30,33). The van der Waals surface area contributed by atoms with E-state index in [2.05, 4.69) is 31.2 Å². The van der Waals surface area contributed by atoms with Crippen molar-refractivity contribution in [3.05, 3.63) is 89.1 Å². The van der Waals surface area contributed by atoms with E-state index in [1.807, 2.05) is 43.6 Å². The van der Waals surface area contributed by atoms with Crippen molar-refractivity contribution in [2.45, 2.75) is 31.1 Å². The number of benzene rings is 3. The average molecular weight is 522 g/mol. The Labute approximate surface area is 216 Å². The van der Waals surface area contributed by atoms with E-state index in [4.69, 9.17) is 11.6 Å². The Morgan fingerprint density at radius 2 is 1.64 bits per heavy atom. The summed E-state index contributed by atoms with van der Waals surface area (Å²) in [5.41, 5.74) is 4.69. The number of carbonyl (C=O) groups is 1. The Morgan fingerprint density at radius 3 is 2.22 bits per heavy atom. The Morgan fingerprint density at radius 1 is 0.944 bits per heavy atom. The van der Waals surface area contributed by atoms with Gasteiger partial charge in [0, 0.05) is 36.3 Å². The van der Waals surface area contributed by atoms with Crippen LogP contribution in [0.1, 0.15) is 36.7 Å². The highest BCUT2D eigenvalue weighted by atomic mass is 35.5. The zero-order valence-corrected chi connectivity index (χ0v) is 22.4. The molecule has 36 heavy (non-hydrogen) atoms. The summed E-state index contributed by atoms with van der Waals surface area (Å²) >= 11 is 6.38. The molecule has 0 unspecified atom stereocenters. The van der Waals surface area contributed by atoms with Gasteiger partial charge in [-0.1, -0.05) is 56.6 Å². The smallest absolute Gasteiger partial charge is 0.256 e. The number of amides is 1. The molecule has 0 aliphatic rings. The predicted molar refractivity (Wildman–Crippen MR) is 145 cm³/mol. The lowest BCUT2D eigenvalue weighted by Gasteiger charge is -2.19. The molecule has 0 atom stereocenters. The van der Waals surface area contributed by atoms with E-state index in [0.717, 1.165) is 17.4 Å². The summed E-state index contributed by atoms with van der Waals surface area (Å²) in [5.74, 6) is -0.362. The Bertz CT molecular complexity index is 1550. The molecule has 3 aromatic carbocycles. The van der Waals surface area contributed by atoms with E-state index >= 15 is 0 Å². The number of halogens is 1. The molecule has 6 nitrogen and oxygen atoms in total. The van der Waals surface area contributed by atoms with E-state index in [0.29, 0.717) is 33.1 Å². The molecular formula is C28H28ClN3O3S. The van der Waals surface area contributed by atoms with Crippen LogP contribution in [0.25, 0.3) is 22.4 Å². The van der Waals surface area contributed by atoms with E-state index in [-0.39, 0.29) is 16.2 Å². The minimum absolute atomic E-state index is 0.0345. The van der Waals surface area contributed by atoms with Crippen LogP contribution in [0.4, 0.5) is 5.69 Å². The van der Waals surface area contributed by atoms with Crippen LogP contribution in [0, 0.1) is 0 Å². The molecule has 4 rings (SSSR count). The number of rotatable bonds is 5. The number of sulfone groups is 1. The highest BCUT2D eigenvalue weighted by Crippen LogP contribution is 2.32. The number of anilines is 1. The first-order valence-corrected chi connectivity index (χ1v) is 13.7. The minimum Gasteiger partial charge on any atom is -0.322 e. The van der Waals surface area contributed by atoms with Crippen molar-refractivity contribution in [3.63, 3.8) is 0 Å². The number of hydrogen-bond acceptors (Lipinski definition) is 4. The van der Waals surface area contributed by atoms with Crippen LogP contribution in [0.2, 0.25) is 5.02 Å². The number of aromatic nitrogens is 2. The molecule has 1 heterocycles. The van der Waals surface area contributed by atoms with Crippen LogP contribution in [0.5, 0.6) is 0 Å². The summed E-state index contributed by atoms with van der Waals surface area (Å²) in [6.07, 6.45) is 2.97. The number of nitrogens with one attached hydrogen (secondary N) is 1. The van der Waals surface area contributed by atoms with Gasteiger partial charge in [0.15, 0.2) is 9.84 Å². The van der Waals surface area contributed by atoms with Gasteiger partial charge in [0.1, 0.15) is 0 Å². The summed E-state index contributed by atoms with van der Waals surface area (Å²) in [6, 6.07) is 19.4. The molecule has 4 aromatic rings. The van der Waals surface area contributed by atoms with Crippen LogP contribution in [0.15, 0.2) is 77.8 Å². The van der Waals surface area contributed by atoms with Gasteiger partial charge < -0.3 is 5.32 Å². The Hall–Kier alpha value is -3.42.